The minimum absolute atomic E-state index is 0.433. The van der Waals surface area contributed by atoms with E-state index in [9.17, 15) is 0 Å². The van der Waals surface area contributed by atoms with Crippen LogP contribution in [0.25, 0.3) is 10.9 Å². The summed E-state index contributed by atoms with van der Waals surface area (Å²) in [6.07, 6.45) is 6.84. The normalized spacial score (nSPS) is 13.0. The SMILES string of the molecule is CCCNC(CC(CC)CC)c1ccnc2ccccc12. The van der Waals surface area contributed by atoms with Crippen LogP contribution in [0.1, 0.15) is 58.1 Å². The van der Waals surface area contributed by atoms with Gasteiger partial charge in [-0.2, -0.15) is 0 Å². The largest absolute Gasteiger partial charge is 0.310 e. The van der Waals surface area contributed by atoms with E-state index >= 15 is 0 Å². The van der Waals surface area contributed by atoms with Crippen LogP contribution in [0.3, 0.4) is 0 Å². The number of hydrogen-bond acceptors (Lipinski definition) is 2. The van der Waals surface area contributed by atoms with Crippen molar-refractivity contribution in [1.82, 2.24) is 10.3 Å². The van der Waals surface area contributed by atoms with Crippen LogP contribution in [0.2, 0.25) is 0 Å². The van der Waals surface area contributed by atoms with Gasteiger partial charge in [0, 0.05) is 17.6 Å². The van der Waals surface area contributed by atoms with E-state index in [1.54, 1.807) is 0 Å². The topological polar surface area (TPSA) is 24.9 Å². The maximum Gasteiger partial charge on any atom is 0.0705 e. The van der Waals surface area contributed by atoms with Crippen LogP contribution in [0, 0.1) is 5.92 Å². The number of fused-ring (bicyclic) bond motifs is 1. The second-order valence-corrected chi connectivity index (χ2v) is 5.84. The number of nitrogens with one attached hydrogen (secondary N) is 1. The number of benzene rings is 1. The van der Waals surface area contributed by atoms with E-state index in [0.717, 1.165) is 18.0 Å². The monoisotopic (exact) mass is 284 g/mol. The van der Waals surface area contributed by atoms with Crippen LogP contribution < -0.4 is 5.32 Å². The van der Waals surface area contributed by atoms with E-state index in [4.69, 9.17) is 0 Å². The standard InChI is InChI=1S/C19H28N2/c1-4-12-20-19(14-15(5-2)6-3)17-11-13-21-18-10-8-7-9-16(17)18/h7-11,13,15,19-20H,4-6,12,14H2,1-3H3. The Morgan fingerprint density at radius 3 is 2.52 bits per heavy atom. The maximum atomic E-state index is 4.50. The third-order valence-corrected chi connectivity index (χ3v) is 4.42. The fourth-order valence-electron chi connectivity index (χ4n) is 3.02. The lowest BCUT2D eigenvalue weighted by Crippen LogP contribution is -2.24. The molecule has 1 atom stereocenters. The molecule has 1 heterocycles. The third kappa shape index (κ3) is 4.04. The zero-order valence-electron chi connectivity index (χ0n) is 13.6. The Balaban J connectivity index is 2.33. The zero-order chi connectivity index (χ0) is 15.1. The van der Waals surface area contributed by atoms with Gasteiger partial charge < -0.3 is 5.32 Å². The molecule has 21 heavy (non-hydrogen) atoms. The third-order valence-electron chi connectivity index (χ3n) is 4.42. The second kappa shape index (κ2) is 8.14. The average Bonchev–Trinajstić information content (AvgIpc) is 2.55. The highest BCUT2D eigenvalue weighted by molar-refractivity contribution is 5.82. The number of rotatable bonds is 8. The molecular weight excluding hydrogens is 256 g/mol. The molecule has 0 spiro atoms. The molecule has 114 valence electrons. The first-order valence-electron chi connectivity index (χ1n) is 8.37. The van der Waals surface area contributed by atoms with Crippen LogP contribution in [0.5, 0.6) is 0 Å². The van der Waals surface area contributed by atoms with Gasteiger partial charge >= 0.3 is 0 Å². The van der Waals surface area contributed by atoms with Crippen LogP contribution in [-0.2, 0) is 0 Å². The summed E-state index contributed by atoms with van der Waals surface area (Å²) in [5.74, 6) is 0.784. The second-order valence-electron chi connectivity index (χ2n) is 5.84. The van der Waals surface area contributed by atoms with Crippen LogP contribution in [-0.4, -0.2) is 11.5 Å². The zero-order valence-corrected chi connectivity index (χ0v) is 13.6. The molecule has 1 unspecified atom stereocenters. The predicted octanol–water partition coefficient (Wildman–Crippen LogP) is 5.10. The molecule has 0 saturated heterocycles. The lowest BCUT2D eigenvalue weighted by molar-refractivity contribution is 0.372. The molecule has 1 aromatic heterocycles. The first-order chi connectivity index (χ1) is 10.3. The van der Waals surface area contributed by atoms with Gasteiger partial charge in [0.25, 0.3) is 0 Å². The molecule has 0 fully saturated rings. The Bertz CT molecular complexity index is 541. The first kappa shape index (κ1) is 16.0. The Morgan fingerprint density at radius 2 is 1.81 bits per heavy atom. The van der Waals surface area contributed by atoms with E-state index < -0.39 is 0 Å². The van der Waals surface area contributed by atoms with E-state index in [-0.39, 0.29) is 0 Å². The lowest BCUT2D eigenvalue weighted by Gasteiger charge is -2.24. The smallest absolute Gasteiger partial charge is 0.0705 e. The van der Waals surface area contributed by atoms with Crippen molar-refractivity contribution < 1.29 is 0 Å². The molecule has 2 aromatic rings. The first-order valence-corrected chi connectivity index (χ1v) is 8.37. The van der Waals surface area contributed by atoms with Crippen molar-refractivity contribution in [2.45, 2.75) is 52.5 Å². The van der Waals surface area contributed by atoms with Gasteiger partial charge in [0.05, 0.1) is 5.52 Å². The summed E-state index contributed by atoms with van der Waals surface area (Å²) in [6.45, 7) is 7.90. The van der Waals surface area contributed by atoms with Crippen molar-refractivity contribution in [2.75, 3.05) is 6.54 Å². The molecule has 2 nitrogen and oxygen atoms in total. The van der Waals surface area contributed by atoms with Gasteiger partial charge in [-0.25, -0.2) is 0 Å². The van der Waals surface area contributed by atoms with Crippen molar-refractivity contribution in [3.05, 3.63) is 42.1 Å². The van der Waals surface area contributed by atoms with Gasteiger partial charge in [-0.15, -0.1) is 0 Å². The Labute approximate surface area is 129 Å². The van der Waals surface area contributed by atoms with Crippen LogP contribution in [0.15, 0.2) is 36.5 Å². The van der Waals surface area contributed by atoms with E-state index in [1.807, 2.05) is 6.20 Å². The summed E-state index contributed by atoms with van der Waals surface area (Å²) in [7, 11) is 0. The van der Waals surface area contributed by atoms with E-state index in [2.05, 4.69) is 61.4 Å². The highest BCUT2D eigenvalue weighted by atomic mass is 14.9. The van der Waals surface area contributed by atoms with Gasteiger partial charge in [0.1, 0.15) is 0 Å². The molecular formula is C19H28N2. The summed E-state index contributed by atoms with van der Waals surface area (Å²) in [5.41, 5.74) is 2.50. The number of pyridine rings is 1. The lowest BCUT2D eigenvalue weighted by atomic mass is 9.89. The summed E-state index contributed by atoms with van der Waals surface area (Å²) in [5, 5.41) is 5.04. The highest BCUT2D eigenvalue weighted by Crippen LogP contribution is 2.29. The Kier molecular flexibility index (Phi) is 6.19. The average molecular weight is 284 g/mol. The Morgan fingerprint density at radius 1 is 1.05 bits per heavy atom. The van der Waals surface area contributed by atoms with Gasteiger partial charge in [0.15, 0.2) is 0 Å². The van der Waals surface area contributed by atoms with Crippen molar-refractivity contribution >= 4 is 10.9 Å². The summed E-state index contributed by atoms with van der Waals surface area (Å²) < 4.78 is 0. The quantitative estimate of drug-likeness (QED) is 0.729. The molecule has 0 aliphatic heterocycles. The number of aromatic nitrogens is 1. The summed E-state index contributed by atoms with van der Waals surface area (Å²) in [6, 6.07) is 11.1. The molecule has 0 radical (unpaired) electrons. The van der Waals surface area contributed by atoms with Gasteiger partial charge in [-0.3, -0.25) is 4.98 Å². The number of nitrogens with zero attached hydrogens (tertiary/aromatic N) is 1. The minimum atomic E-state index is 0.433. The molecule has 0 bridgehead atoms. The van der Waals surface area contributed by atoms with Crippen LogP contribution in [0.4, 0.5) is 0 Å². The molecule has 0 aliphatic carbocycles. The van der Waals surface area contributed by atoms with E-state index in [1.165, 1.54) is 36.6 Å². The molecule has 1 N–H and O–H groups in total. The van der Waals surface area contributed by atoms with Gasteiger partial charge in [-0.1, -0.05) is 51.8 Å². The fraction of sp³-hybridized carbons (Fsp3) is 0.526. The maximum absolute atomic E-state index is 4.50. The fourth-order valence-corrected chi connectivity index (χ4v) is 3.02. The molecule has 0 aliphatic rings. The summed E-state index contributed by atoms with van der Waals surface area (Å²) in [4.78, 5) is 4.50. The van der Waals surface area contributed by atoms with Crippen molar-refractivity contribution in [3.63, 3.8) is 0 Å². The van der Waals surface area contributed by atoms with Gasteiger partial charge in [0.2, 0.25) is 0 Å². The van der Waals surface area contributed by atoms with Gasteiger partial charge in [-0.05, 0) is 43.0 Å². The molecule has 2 heteroatoms. The summed E-state index contributed by atoms with van der Waals surface area (Å²) >= 11 is 0. The minimum Gasteiger partial charge on any atom is -0.310 e. The highest BCUT2D eigenvalue weighted by Gasteiger charge is 2.17. The molecule has 1 aromatic carbocycles. The van der Waals surface area contributed by atoms with Crippen molar-refractivity contribution in [2.24, 2.45) is 5.92 Å². The molecule has 0 saturated carbocycles. The number of hydrogen-bond donors (Lipinski definition) is 1. The predicted molar refractivity (Wildman–Crippen MR) is 91.5 cm³/mol. The van der Waals surface area contributed by atoms with Crippen molar-refractivity contribution in [3.8, 4) is 0 Å². The Hall–Kier alpha value is -1.41. The van der Waals surface area contributed by atoms with Crippen LogP contribution >= 0.6 is 0 Å². The van der Waals surface area contributed by atoms with E-state index in [0.29, 0.717) is 6.04 Å². The molecule has 0 amide bonds. The van der Waals surface area contributed by atoms with Crippen molar-refractivity contribution in [1.29, 1.82) is 0 Å². The number of para-hydroxylation sites is 1. The molecule has 2 rings (SSSR count).